The summed E-state index contributed by atoms with van der Waals surface area (Å²) in [6, 6.07) is 9.45. The van der Waals surface area contributed by atoms with E-state index in [2.05, 4.69) is 9.78 Å². The van der Waals surface area contributed by atoms with Gasteiger partial charge in [0.2, 0.25) is 5.76 Å². The van der Waals surface area contributed by atoms with Crippen LogP contribution in [0.2, 0.25) is 0 Å². The van der Waals surface area contributed by atoms with Gasteiger partial charge in [-0.3, -0.25) is 4.89 Å². The van der Waals surface area contributed by atoms with Gasteiger partial charge in [-0.1, -0.05) is 30.3 Å². The molecule has 0 radical (unpaired) electrons. The zero-order valence-electron chi connectivity index (χ0n) is 8.34. The lowest BCUT2D eigenvalue weighted by atomic mass is 10.1. The van der Waals surface area contributed by atoms with Gasteiger partial charge in [-0.15, -0.1) is 0 Å². The van der Waals surface area contributed by atoms with Crippen molar-refractivity contribution < 1.29 is 19.7 Å². The van der Waals surface area contributed by atoms with Crippen molar-refractivity contribution in [2.75, 3.05) is 7.11 Å². The molecule has 0 heterocycles. The molecular weight excluding hydrogens is 196 g/mol. The van der Waals surface area contributed by atoms with Crippen LogP contribution in [0.25, 0.3) is 0 Å². The first-order valence-corrected chi connectivity index (χ1v) is 4.42. The molecule has 4 nitrogen and oxygen atoms in total. The second kappa shape index (κ2) is 5.82. The summed E-state index contributed by atoms with van der Waals surface area (Å²) in [6.45, 7) is 0. The van der Waals surface area contributed by atoms with Crippen LogP contribution in [-0.4, -0.2) is 18.2 Å². The molecule has 0 aliphatic heterocycles. The standard InChI is InChI=1S/C11H12O4/c1-14-15-11(13)10(12)8-7-9-5-3-2-4-6-9/h2-6,8,12H,7H2,1H3. The Kier molecular flexibility index (Phi) is 4.37. The summed E-state index contributed by atoms with van der Waals surface area (Å²) in [5.74, 6) is -1.35. The minimum atomic E-state index is -0.895. The number of aliphatic hydroxyl groups is 1. The summed E-state index contributed by atoms with van der Waals surface area (Å²) >= 11 is 0. The van der Waals surface area contributed by atoms with E-state index in [1.54, 1.807) is 0 Å². The third-order valence-corrected chi connectivity index (χ3v) is 1.74. The first-order valence-electron chi connectivity index (χ1n) is 4.42. The minimum Gasteiger partial charge on any atom is -0.502 e. The van der Waals surface area contributed by atoms with Gasteiger partial charge in [0, 0.05) is 0 Å². The minimum absolute atomic E-state index is 0.458. The van der Waals surface area contributed by atoms with Gasteiger partial charge in [0.1, 0.15) is 0 Å². The van der Waals surface area contributed by atoms with Crippen molar-refractivity contribution in [3.8, 4) is 0 Å². The molecule has 0 saturated heterocycles. The zero-order valence-corrected chi connectivity index (χ0v) is 8.34. The Morgan fingerprint density at radius 3 is 2.67 bits per heavy atom. The normalized spacial score (nSPS) is 11.1. The zero-order chi connectivity index (χ0) is 11.1. The van der Waals surface area contributed by atoms with E-state index in [-0.39, 0.29) is 0 Å². The number of allylic oxidation sites excluding steroid dienone is 1. The predicted octanol–water partition coefficient (Wildman–Crippen LogP) is 1.78. The number of benzene rings is 1. The lowest BCUT2D eigenvalue weighted by Crippen LogP contribution is -2.06. The third kappa shape index (κ3) is 3.83. The van der Waals surface area contributed by atoms with Crippen LogP contribution in [-0.2, 0) is 21.0 Å². The fourth-order valence-corrected chi connectivity index (χ4v) is 1.03. The molecule has 0 saturated carbocycles. The monoisotopic (exact) mass is 208 g/mol. The average molecular weight is 208 g/mol. The maximum absolute atomic E-state index is 10.9. The molecule has 0 amide bonds. The molecular formula is C11H12O4. The van der Waals surface area contributed by atoms with Gasteiger partial charge in [-0.25, -0.2) is 4.79 Å². The van der Waals surface area contributed by atoms with Crippen molar-refractivity contribution in [3.05, 3.63) is 47.7 Å². The second-order valence-electron chi connectivity index (χ2n) is 2.82. The Bertz CT molecular complexity index is 343. The van der Waals surface area contributed by atoms with Crippen molar-refractivity contribution in [3.63, 3.8) is 0 Å². The molecule has 0 aliphatic rings. The molecule has 1 aromatic carbocycles. The molecule has 1 N–H and O–H groups in total. The lowest BCUT2D eigenvalue weighted by Gasteiger charge is -1.98. The summed E-state index contributed by atoms with van der Waals surface area (Å²) in [5.41, 5.74) is 0.995. The Morgan fingerprint density at radius 1 is 1.40 bits per heavy atom. The number of carbonyl (C=O) groups excluding carboxylic acids is 1. The lowest BCUT2D eigenvalue weighted by molar-refractivity contribution is -0.252. The van der Waals surface area contributed by atoms with Gasteiger partial charge < -0.3 is 5.11 Å². The molecule has 1 rings (SSSR count). The highest BCUT2D eigenvalue weighted by Gasteiger charge is 2.08. The Labute approximate surface area is 87.7 Å². The van der Waals surface area contributed by atoms with E-state index in [0.29, 0.717) is 6.42 Å². The number of hydrogen-bond acceptors (Lipinski definition) is 4. The van der Waals surface area contributed by atoms with Crippen LogP contribution in [0, 0.1) is 0 Å². The van der Waals surface area contributed by atoms with Gasteiger partial charge >= 0.3 is 5.97 Å². The van der Waals surface area contributed by atoms with Crippen molar-refractivity contribution in [2.24, 2.45) is 0 Å². The SMILES string of the molecule is COOC(=O)C(O)=CCc1ccccc1. The van der Waals surface area contributed by atoms with E-state index in [0.717, 1.165) is 5.56 Å². The van der Waals surface area contributed by atoms with Crippen LogP contribution >= 0.6 is 0 Å². The molecule has 15 heavy (non-hydrogen) atoms. The van der Waals surface area contributed by atoms with Gasteiger partial charge in [0.05, 0.1) is 7.11 Å². The van der Waals surface area contributed by atoms with Gasteiger partial charge in [-0.05, 0) is 18.1 Å². The first kappa shape index (κ1) is 11.3. The number of aliphatic hydroxyl groups excluding tert-OH is 1. The fraction of sp³-hybridized carbons (Fsp3) is 0.182. The van der Waals surface area contributed by atoms with Crippen LogP contribution in [0.1, 0.15) is 5.56 Å². The number of carbonyl (C=O) groups is 1. The first-order chi connectivity index (χ1) is 7.24. The van der Waals surface area contributed by atoms with Crippen molar-refractivity contribution in [2.45, 2.75) is 6.42 Å². The highest BCUT2D eigenvalue weighted by molar-refractivity contribution is 5.85. The Hall–Kier alpha value is -1.81. The van der Waals surface area contributed by atoms with E-state index in [4.69, 9.17) is 0 Å². The Balaban J connectivity index is 2.54. The molecule has 0 bridgehead atoms. The van der Waals surface area contributed by atoms with Crippen molar-refractivity contribution in [1.29, 1.82) is 0 Å². The Morgan fingerprint density at radius 2 is 2.07 bits per heavy atom. The topological polar surface area (TPSA) is 55.8 Å². The van der Waals surface area contributed by atoms with E-state index >= 15 is 0 Å². The van der Waals surface area contributed by atoms with Gasteiger partial charge in [0.25, 0.3) is 0 Å². The molecule has 1 aromatic rings. The highest BCUT2D eigenvalue weighted by Crippen LogP contribution is 2.03. The summed E-state index contributed by atoms with van der Waals surface area (Å²) in [4.78, 5) is 19.2. The smallest absolute Gasteiger partial charge is 0.406 e. The largest absolute Gasteiger partial charge is 0.502 e. The quantitative estimate of drug-likeness (QED) is 0.354. The molecule has 4 heteroatoms. The van der Waals surface area contributed by atoms with Crippen LogP contribution in [0.5, 0.6) is 0 Å². The summed E-state index contributed by atoms with van der Waals surface area (Å²) in [6.07, 6.45) is 1.84. The third-order valence-electron chi connectivity index (χ3n) is 1.74. The number of rotatable bonds is 4. The molecule has 0 atom stereocenters. The average Bonchev–Trinajstić information content (AvgIpc) is 2.27. The molecule has 0 unspecified atom stereocenters. The molecule has 80 valence electrons. The number of hydrogen-bond donors (Lipinski definition) is 1. The highest BCUT2D eigenvalue weighted by atomic mass is 17.2. The van der Waals surface area contributed by atoms with E-state index < -0.39 is 11.7 Å². The van der Waals surface area contributed by atoms with Crippen molar-refractivity contribution in [1.82, 2.24) is 0 Å². The second-order valence-corrected chi connectivity index (χ2v) is 2.82. The van der Waals surface area contributed by atoms with E-state index in [9.17, 15) is 9.90 Å². The summed E-state index contributed by atoms with van der Waals surface area (Å²) in [5, 5.41) is 9.22. The van der Waals surface area contributed by atoms with Crippen LogP contribution in [0.4, 0.5) is 0 Å². The molecule has 0 fully saturated rings. The summed E-state index contributed by atoms with van der Waals surface area (Å²) < 4.78 is 0. The molecule has 0 aromatic heterocycles. The van der Waals surface area contributed by atoms with Crippen LogP contribution in [0.15, 0.2) is 42.2 Å². The molecule has 0 aliphatic carbocycles. The van der Waals surface area contributed by atoms with Gasteiger partial charge in [0.15, 0.2) is 0 Å². The molecule has 0 spiro atoms. The predicted molar refractivity (Wildman–Crippen MR) is 54.0 cm³/mol. The van der Waals surface area contributed by atoms with Crippen molar-refractivity contribution >= 4 is 5.97 Å². The summed E-state index contributed by atoms with van der Waals surface area (Å²) in [7, 11) is 1.20. The van der Waals surface area contributed by atoms with Gasteiger partial charge in [-0.2, -0.15) is 4.89 Å². The maximum Gasteiger partial charge on any atom is 0.406 e. The van der Waals surface area contributed by atoms with E-state index in [1.807, 2.05) is 30.3 Å². The maximum atomic E-state index is 10.9. The van der Waals surface area contributed by atoms with E-state index in [1.165, 1.54) is 13.2 Å². The fourth-order valence-electron chi connectivity index (χ4n) is 1.03. The van der Waals surface area contributed by atoms with Crippen LogP contribution < -0.4 is 0 Å². The van der Waals surface area contributed by atoms with Crippen LogP contribution in [0.3, 0.4) is 0 Å².